The predicted octanol–water partition coefficient (Wildman–Crippen LogP) is 2.40. The third-order valence-electron chi connectivity index (χ3n) is 5.02. The fourth-order valence-electron chi connectivity index (χ4n) is 3.78. The Morgan fingerprint density at radius 2 is 2.13 bits per heavy atom. The van der Waals surface area contributed by atoms with E-state index in [9.17, 15) is 9.18 Å². The molecule has 2 fully saturated rings. The normalized spacial score (nSPS) is 26.3. The van der Waals surface area contributed by atoms with Gasteiger partial charge in [0.05, 0.1) is 18.8 Å². The van der Waals surface area contributed by atoms with Crippen LogP contribution in [0.1, 0.15) is 30.1 Å². The van der Waals surface area contributed by atoms with E-state index in [1.165, 1.54) is 6.07 Å². The van der Waals surface area contributed by atoms with Crippen molar-refractivity contribution < 1.29 is 13.9 Å². The Labute approximate surface area is 137 Å². The van der Waals surface area contributed by atoms with E-state index in [2.05, 4.69) is 11.8 Å². The monoisotopic (exact) mass is 320 g/mol. The van der Waals surface area contributed by atoms with Gasteiger partial charge in [-0.05, 0) is 31.5 Å². The third-order valence-corrected chi connectivity index (χ3v) is 5.02. The first kappa shape index (κ1) is 16.4. The minimum absolute atomic E-state index is 0.0221. The van der Waals surface area contributed by atoms with Crippen molar-refractivity contribution in [3.8, 4) is 0 Å². The van der Waals surface area contributed by atoms with Crippen molar-refractivity contribution >= 4 is 5.91 Å². The average molecular weight is 320 g/mol. The molecule has 2 aliphatic heterocycles. The van der Waals surface area contributed by atoms with E-state index in [1.54, 1.807) is 18.2 Å². The van der Waals surface area contributed by atoms with Crippen molar-refractivity contribution in [1.82, 2.24) is 9.80 Å². The molecule has 1 atom stereocenters. The number of hydrogen-bond donors (Lipinski definition) is 0. The Morgan fingerprint density at radius 3 is 2.91 bits per heavy atom. The lowest BCUT2D eigenvalue weighted by Gasteiger charge is -2.43. The number of halogens is 1. The van der Waals surface area contributed by atoms with Crippen molar-refractivity contribution in [3.05, 3.63) is 35.6 Å². The quantitative estimate of drug-likeness (QED) is 0.839. The first-order valence-electron chi connectivity index (χ1n) is 8.47. The topological polar surface area (TPSA) is 32.8 Å². The molecule has 1 aromatic carbocycles. The van der Waals surface area contributed by atoms with Crippen LogP contribution in [0, 0.1) is 11.2 Å². The molecule has 126 valence electrons. The summed E-state index contributed by atoms with van der Waals surface area (Å²) in [7, 11) is 0. The molecule has 1 amide bonds. The summed E-state index contributed by atoms with van der Waals surface area (Å²) < 4.78 is 19.8. The van der Waals surface area contributed by atoms with Gasteiger partial charge in [0, 0.05) is 31.6 Å². The Bertz CT molecular complexity index is 566. The summed E-state index contributed by atoms with van der Waals surface area (Å²) in [5, 5.41) is 0. The lowest BCUT2D eigenvalue weighted by molar-refractivity contribution is 0.00749. The van der Waals surface area contributed by atoms with Gasteiger partial charge in [-0.3, -0.25) is 4.79 Å². The van der Waals surface area contributed by atoms with E-state index in [1.807, 2.05) is 4.90 Å². The van der Waals surface area contributed by atoms with Crippen LogP contribution >= 0.6 is 0 Å². The van der Waals surface area contributed by atoms with Crippen LogP contribution in [0.3, 0.4) is 0 Å². The first-order chi connectivity index (χ1) is 11.1. The summed E-state index contributed by atoms with van der Waals surface area (Å²) in [4.78, 5) is 16.9. The molecule has 0 aliphatic carbocycles. The number of ether oxygens (including phenoxy) is 1. The highest BCUT2D eigenvalue weighted by Crippen LogP contribution is 2.33. The molecule has 23 heavy (non-hydrogen) atoms. The van der Waals surface area contributed by atoms with Gasteiger partial charge in [-0.2, -0.15) is 0 Å². The molecule has 0 radical (unpaired) electrons. The second kappa shape index (κ2) is 6.97. The first-order valence-corrected chi connectivity index (χ1v) is 8.47. The van der Waals surface area contributed by atoms with Gasteiger partial charge in [-0.1, -0.05) is 19.1 Å². The van der Waals surface area contributed by atoms with Crippen LogP contribution in [0.4, 0.5) is 4.39 Å². The maximum atomic E-state index is 13.9. The Balaban J connectivity index is 1.77. The average Bonchev–Trinajstić information content (AvgIpc) is 2.77. The number of benzene rings is 1. The molecule has 2 saturated heterocycles. The maximum Gasteiger partial charge on any atom is 0.256 e. The lowest BCUT2D eigenvalue weighted by Crippen LogP contribution is -2.52. The summed E-state index contributed by atoms with van der Waals surface area (Å²) in [5.41, 5.74) is 0.150. The van der Waals surface area contributed by atoms with Crippen LogP contribution in [0.2, 0.25) is 0 Å². The SMILES string of the molecule is CCN1CCOC[C@@]2(CCCN(C(=O)c3ccccc3F)C2)C1. The van der Waals surface area contributed by atoms with Crippen LogP contribution in [-0.2, 0) is 4.74 Å². The number of carbonyl (C=O) groups is 1. The van der Waals surface area contributed by atoms with Crippen LogP contribution in [0.15, 0.2) is 24.3 Å². The molecule has 2 aliphatic rings. The minimum atomic E-state index is -0.440. The van der Waals surface area contributed by atoms with Crippen LogP contribution < -0.4 is 0 Å². The minimum Gasteiger partial charge on any atom is -0.379 e. The highest BCUT2D eigenvalue weighted by molar-refractivity contribution is 5.94. The summed E-state index contributed by atoms with van der Waals surface area (Å²) in [5.74, 6) is -0.640. The van der Waals surface area contributed by atoms with E-state index >= 15 is 0 Å². The Hall–Kier alpha value is -1.46. The molecule has 1 spiro atoms. The Morgan fingerprint density at radius 1 is 1.30 bits per heavy atom. The fraction of sp³-hybridized carbons (Fsp3) is 0.611. The van der Waals surface area contributed by atoms with Crippen LogP contribution in [-0.4, -0.2) is 61.6 Å². The smallest absolute Gasteiger partial charge is 0.256 e. The highest BCUT2D eigenvalue weighted by atomic mass is 19.1. The summed E-state index contributed by atoms with van der Waals surface area (Å²) in [6, 6.07) is 6.24. The van der Waals surface area contributed by atoms with E-state index in [-0.39, 0.29) is 16.9 Å². The van der Waals surface area contributed by atoms with Gasteiger partial charge in [0.15, 0.2) is 0 Å². The van der Waals surface area contributed by atoms with Gasteiger partial charge >= 0.3 is 0 Å². The molecule has 5 heteroatoms. The van der Waals surface area contributed by atoms with Crippen molar-refractivity contribution in [3.63, 3.8) is 0 Å². The number of piperidine rings is 1. The molecular formula is C18H25FN2O2. The zero-order valence-corrected chi connectivity index (χ0v) is 13.8. The van der Waals surface area contributed by atoms with Gasteiger partial charge in [-0.25, -0.2) is 4.39 Å². The van der Waals surface area contributed by atoms with E-state index in [4.69, 9.17) is 4.74 Å². The molecule has 1 aromatic rings. The largest absolute Gasteiger partial charge is 0.379 e. The van der Waals surface area contributed by atoms with Gasteiger partial charge in [0.25, 0.3) is 5.91 Å². The molecule has 0 saturated carbocycles. The number of rotatable bonds is 2. The molecule has 0 N–H and O–H groups in total. The van der Waals surface area contributed by atoms with E-state index < -0.39 is 5.82 Å². The van der Waals surface area contributed by atoms with Crippen molar-refractivity contribution in [2.45, 2.75) is 19.8 Å². The summed E-state index contributed by atoms with van der Waals surface area (Å²) in [6.45, 7) is 7.82. The van der Waals surface area contributed by atoms with Crippen molar-refractivity contribution in [2.75, 3.05) is 45.9 Å². The molecule has 0 bridgehead atoms. The number of hydrogen-bond acceptors (Lipinski definition) is 3. The predicted molar refractivity (Wildman–Crippen MR) is 86.9 cm³/mol. The molecule has 3 rings (SSSR count). The summed E-state index contributed by atoms with van der Waals surface area (Å²) in [6.07, 6.45) is 2.01. The molecule has 0 aromatic heterocycles. The summed E-state index contributed by atoms with van der Waals surface area (Å²) >= 11 is 0. The maximum absolute atomic E-state index is 13.9. The zero-order chi connectivity index (χ0) is 16.3. The fourth-order valence-corrected chi connectivity index (χ4v) is 3.78. The number of carbonyl (C=O) groups excluding carboxylic acids is 1. The van der Waals surface area contributed by atoms with Crippen molar-refractivity contribution in [2.24, 2.45) is 5.41 Å². The number of likely N-dealkylation sites (tertiary alicyclic amines) is 1. The molecule has 2 heterocycles. The number of likely N-dealkylation sites (N-methyl/N-ethyl adjacent to an activating group) is 1. The number of amides is 1. The van der Waals surface area contributed by atoms with Gasteiger partial charge in [0.1, 0.15) is 5.82 Å². The lowest BCUT2D eigenvalue weighted by atomic mass is 9.80. The highest BCUT2D eigenvalue weighted by Gasteiger charge is 2.40. The second-order valence-corrected chi connectivity index (χ2v) is 6.73. The van der Waals surface area contributed by atoms with E-state index in [0.717, 1.165) is 39.1 Å². The molecular weight excluding hydrogens is 295 g/mol. The van der Waals surface area contributed by atoms with Crippen molar-refractivity contribution in [1.29, 1.82) is 0 Å². The van der Waals surface area contributed by atoms with Gasteiger partial charge in [-0.15, -0.1) is 0 Å². The van der Waals surface area contributed by atoms with Gasteiger partial charge in [0.2, 0.25) is 0 Å². The van der Waals surface area contributed by atoms with Gasteiger partial charge < -0.3 is 14.5 Å². The second-order valence-electron chi connectivity index (χ2n) is 6.73. The molecule has 4 nitrogen and oxygen atoms in total. The van der Waals surface area contributed by atoms with Crippen LogP contribution in [0.5, 0.6) is 0 Å². The molecule has 0 unspecified atom stereocenters. The number of nitrogens with zero attached hydrogens (tertiary/aromatic N) is 2. The van der Waals surface area contributed by atoms with Crippen LogP contribution in [0.25, 0.3) is 0 Å². The van der Waals surface area contributed by atoms with E-state index in [0.29, 0.717) is 19.7 Å². The third kappa shape index (κ3) is 3.56. The standard InChI is InChI=1S/C18H25FN2O2/c1-2-20-10-11-23-14-18(12-20)8-5-9-21(13-18)17(22)15-6-3-4-7-16(15)19/h3-4,6-7H,2,5,8-14H2,1H3/t18-/m0/s1. The zero-order valence-electron chi connectivity index (χ0n) is 13.8. The Kier molecular flexibility index (Phi) is 4.97.